The first-order valence-corrected chi connectivity index (χ1v) is 3.54. The molecule has 0 aromatic rings. The molecule has 0 spiro atoms. The molecule has 1 rings (SSSR count). The van der Waals surface area contributed by atoms with Crippen molar-refractivity contribution in [1.82, 2.24) is 5.32 Å². The molecule has 0 aliphatic carbocycles. The third-order valence-corrected chi connectivity index (χ3v) is 2.07. The number of nitrogens with two attached hydrogens (primary N) is 1. The van der Waals surface area contributed by atoms with Gasteiger partial charge in [-0.3, -0.25) is 9.59 Å². The van der Waals surface area contributed by atoms with E-state index in [2.05, 4.69) is 5.32 Å². The second-order valence-corrected chi connectivity index (χ2v) is 3.43. The first kappa shape index (κ1) is 8.04. The minimum atomic E-state index is -0.469. The van der Waals surface area contributed by atoms with Crippen LogP contribution in [-0.4, -0.2) is 17.4 Å². The number of hydrogen-bond acceptors (Lipinski definition) is 2. The lowest BCUT2D eigenvalue weighted by molar-refractivity contribution is -0.124. The summed E-state index contributed by atoms with van der Waals surface area (Å²) in [6.45, 7) is 3.60. The Labute approximate surface area is 65.1 Å². The maximum atomic E-state index is 10.9. The second-order valence-electron chi connectivity index (χ2n) is 3.43. The molecule has 3 N–H and O–H groups in total. The van der Waals surface area contributed by atoms with Gasteiger partial charge in [0.1, 0.15) is 0 Å². The summed E-state index contributed by atoms with van der Waals surface area (Å²) < 4.78 is 0. The number of carbonyl (C=O) groups is 2. The Balaban J connectivity index is 2.82. The van der Waals surface area contributed by atoms with Crippen molar-refractivity contribution in [3.8, 4) is 0 Å². The van der Waals surface area contributed by atoms with E-state index in [1.807, 2.05) is 0 Å². The van der Waals surface area contributed by atoms with Crippen molar-refractivity contribution >= 4 is 11.8 Å². The Morgan fingerprint density at radius 2 is 2.27 bits per heavy atom. The highest BCUT2D eigenvalue weighted by Crippen LogP contribution is 2.25. The van der Waals surface area contributed by atoms with Gasteiger partial charge in [-0.25, -0.2) is 0 Å². The molecule has 1 aliphatic rings. The molecule has 1 saturated heterocycles. The standard InChI is InChI=1S/C7H12N2O2/c1-7(2)4(6(8)11)3-5(10)9-7/h4H,3H2,1-2H3,(H2,8,11)(H,9,10). The van der Waals surface area contributed by atoms with Gasteiger partial charge in [-0.15, -0.1) is 0 Å². The fraction of sp³-hybridized carbons (Fsp3) is 0.714. The van der Waals surface area contributed by atoms with Crippen molar-refractivity contribution in [1.29, 1.82) is 0 Å². The van der Waals surface area contributed by atoms with E-state index >= 15 is 0 Å². The predicted molar refractivity (Wildman–Crippen MR) is 39.5 cm³/mol. The first-order chi connectivity index (χ1) is 4.93. The van der Waals surface area contributed by atoms with Crippen LogP contribution in [0.1, 0.15) is 20.3 Å². The molecule has 62 valence electrons. The molecule has 0 bridgehead atoms. The van der Waals surface area contributed by atoms with Gasteiger partial charge in [0, 0.05) is 12.0 Å². The summed E-state index contributed by atoms with van der Waals surface area (Å²) in [7, 11) is 0. The topological polar surface area (TPSA) is 72.2 Å². The summed E-state index contributed by atoms with van der Waals surface area (Å²) in [6, 6.07) is 0. The fourth-order valence-corrected chi connectivity index (χ4v) is 1.39. The maximum absolute atomic E-state index is 10.9. The van der Waals surface area contributed by atoms with E-state index in [-0.39, 0.29) is 18.2 Å². The summed E-state index contributed by atoms with van der Waals surface area (Å²) in [5.41, 5.74) is 4.64. The molecule has 0 aromatic heterocycles. The zero-order valence-corrected chi connectivity index (χ0v) is 6.68. The largest absolute Gasteiger partial charge is 0.369 e. The molecule has 1 atom stereocenters. The molecule has 0 aromatic carbocycles. The second kappa shape index (κ2) is 2.22. The lowest BCUT2D eigenvalue weighted by Crippen LogP contribution is -2.44. The van der Waals surface area contributed by atoms with Crippen molar-refractivity contribution in [3.05, 3.63) is 0 Å². The van der Waals surface area contributed by atoms with Gasteiger partial charge < -0.3 is 11.1 Å². The van der Waals surface area contributed by atoms with E-state index in [9.17, 15) is 9.59 Å². The third kappa shape index (κ3) is 1.34. The van der Waals surface area contributed by atoms with Crippen LogP contribution in [0.4, 0.5) is 0 Å². The minimum absolute atomic E-state index is 0.0983. The van der Waals surface area contributed by atoms with Crippen LogP contribution in [-0.2, 0) is 9.59 Å². The molecule has 1 unspecified atom stereocenters. The van der Waals surface area contributed by atoms with Gasteiger partial charge in [0.2, 0.25) is 11.8 Å². The Bertz CT molecular complexity index is 210. The number of amides is 2. The quantitative estimate of drug-likeness (QED) is 0.531. The SMILES string of the molecule is CC1(C)NC(=O)CC1C(N)=O. The monoisotopic (exact) mass is 156 g/mol. The average molecular weight is 156 g/mol. The van der Waals surface area contributed by atoms with Gasteiger partial charge in [-0.05, 0) is 13.8 Å². The molecule has 11 heavy (non-hydrogen) atoms. The van der Waals surface area contributed by atoms with E-state index in [1.54, 1.807) is 13.8 Å². The van der Waals surface area contributed by atoms with E-state index in [1.165, 1.54) is 0 Å². The third-order valence-electron chi connectivity index (χ3n) is 2.07. The highest BCUT2D eigenvalue weighted by molar-refractivity contribution is 5.90. The van der Waals surface area contributed by atoms with Crippen LogP contribution in [0.2, 0.25) is 0 Å². The highest BCUT2D eigenvalue weighted by atomic mass is 16.2. The smallest absolute Gasteiger partial charge is 0.223 e. The zero-order valence-electron chi connectivity index (χ0n) is 6.68. The summed E-state index contributed by atoms with van der Waals surface area (Å²) in [5.74, 6) is -0.873. The van der Waals surface area contributed by atoms with E-state index in [0.29, 0.717) is 0 Å². The van der Waals surface area contributed by atoms with Gasteiger partial charge in [0.25, 0.3) is 0 Å². The van der Waals surface area contributed by atoms with E-state index < -0.39 is 11.4 Å². The predicted octanol–water partition coefficient (Wildman–Crippen LogP) is -0.614. The Morgan fingerprint density at radius 3 is 2.45 bits per heavy atom. The van der Waals surface area contributed by atoms with Gasteiger partial charge in [0.05, 0.1) is 5.92 Å². The van der Waals surface area contributed by atoms with Crippen LogP contribution in [0.3, 0.4) is 0 Å². The molecule has 2 amide bonds. The Morgan fingerprint density at radius 1 is 1.73 bits per heavy atom. The number of primary amides is 1. The molecule has 1 heterocycles. The van der Waals surface area contributed by atoms with Gasteiger partial charge >= 0.3 is 0 Å². The van der Waals surface area contributed by atoms with Crippen LogP contribution in [0, 0.1) is 5.92 Å². The van der Waals surface area contributed by atoms with E-state index in [4.69, 9.17) is 5.73 Å². The lowest BCUT2D eigenvalue weighted by atomic mass is 9.89. The van der Waals surface area contributed by atoms with Gasteiger partial charge in [-0.2, -0.15) is 0 Å². The van der Waals surface area contributed by atoms with Crippen molar-refractivity contribution in [2.24, 2.45) is 11.7 Å². The van der Waals surface area contributed by atoms with Crippen LogP contribution in [0.15, 0.2) is 0 Å². The van der Waals surface area contributed by atoms with Crippen molar-refractivity contribution in [2.75, 3.05) is 0 Å². The normalized spacial score (nSPS) is 28.2. The van der Waals surface area contributed by atoms with E-state index in [0.717, 1.165) is 0 Å². The number of nitrogens with one attached hydrogen (secondary N) is 1. The number of carbonyl (C=O) groups excluding carboxylic acids is 2. The average Bonchev–Trinajstić information content (AvgIpc) is 2.04. The Hall–Kier alpha value is -1.06. The molecule has 1 fully saturated rings. The van der Waals surface area contributed by atoms with Crippen LogP contribution in [0.5, 0.6) is 0 Å². The van der Waals surface area contributed by atoms with Gasteiger partial charge in [-0.1, -0.05) is 0 Å². The molecule has 0 radical (unpaired) electrons. The first-order valence-electron chi connectivity index (χ1n) is 3.54. The molecular weight excluding hydrogens is 144 g/mol. The lowest BCUT2D eigenvalue weighted by Gasteiger charge is -2.23. The van der Waals surface area contributed by atoms with Crippen LogP contribution < -0.4 is 11.1 Å². The summed E-state index contributed by atoms with van der Waals surface area (Å²) >= 11 is 0. The van der Waals surface area contributed by atoms with Crippen LogP contribution >= 0.6 is 0 Å². The zero-order chi connectivity index (χ0) is 8.65. The molecule has 4 nitrogen and oxygen atoms in total. The fourth-order valence-electron chi connectivity index (χ4n) is 1.39. The Kier molecular flexibility index (Phi) is 1.62. The highest BCUT2D eigenvalue weighted by Gasteiger charge is 2.42. The van der Waals surface area contributed by atoms with Crippen molar-refractivity contribution < 1.29 is 9.59 Å². The van der Waals surface area contributed by atoms with Gasteiger partial charge in [0.15, 0.2) is 0 Å². The summed E-state index contributed by atoms with van der Waals surface area (Å²) in [6.07, 6.45) is 0.225. The molecule has 0 saturated carbocycles. The number of rotatable bonds is 1. The number of hydrogen-bond donors (Lipinski definition) is 2. The molecule has 4 heteroatoms. The summed E-state index contributed by atoms with van der Waals surface area (Å²) in [4.78, 5) is 21.6. The van der Waals surface area contributed by atoms with Crippen molar-refractivity contribution in [2.45, 2.75) is 25.8 Å². The maximum Gasteiger partial charge on any atom is 0.223 e. The minimum Gasteiger partial charge on any atom is -0.369 e. The van der Waals surface area contributed by atoms with Crippen LogP contribution in [0.25, 0.3) is 0 Å². The molecular formula is C7H12N2O2. The van der Waals surface area contributed by atoms with Crippen molar-refractivity contribution in [3.63, 3.8) is 0 Å². The molecule has 1 aliphatic heterocycles. The summed E-state index contributed by atoms with van der Waals surface area (Å²) in [5, 5.41) is 2.68.